The molecule has 1 saturated carbocycles. The molecule has 0 aromatic heterocycles. The Bertz CT molecular complexity index is 59.5. The highest BCUT2D eigenvalue weighted by atomic mass is 32.2. The third-order valence-corrected chi connectivity index (χ3v) is 2.47. The van der Waals surface area contributed by atoms with Crippen LogP contribution < -0.4 is 0 Å². The summed E-state index contributed by atoms with van der Waals surface area (Å²) in [4.78, 5) is 0. The van der Waals surface area contributed by atoms with E-state index in [4.69, 9.17) is 4.18 Å². The van der Waals surface area contributed by atoms with Crippen molar-refractivity contribution in [1.82, 2.24) is 0 Å². The molecule has 0 atom stereocenters. The van der Waals surface area contributed by atoms with E-state index in [1.165, 1.54) is 25.7 Å². The van der Waals surface area contributed by atoms with E-state index in [-0.39, 0.29) is 0 Å². The SMILES string of the molecule is COSC1CCCC1. The Morgan fingerprint density at radius 2 is 2.00 bits per heavy atom. The van der Waals surface area contributed by atoms with E-state index in [9.17, 15) is 0 Å². The standard InChI is InChI=1S/C6H12OS/c1-7-8-6-4-2-3-5-6/h6H,2-5H2,1H3. The van der Waals surface area contributed by atoms with Crippen molar-refractivity contribution < 1.29 is 4.18 Å². The van der Waals surface area contributed by atoms with E-state index in [0.29, 0.717) is 0 Å². The van der Waals surface area contributed by atoms with Crippen molar-refractivity contribution in [3.8, 4) is 0 Å². The van der Waals surface area contributed by atoms with Gasteiger partial charge in [-0.3, -0.25) is 0 Å². The van der Waals surface area contributed by atoms with Crippen LogP contribution in [-0.2, 0) is 4.18 Å². The van der Waals surface area contributed by atoms with Crippen LogP contribution in [0.4, 0.5) is 0 Å². The first-order valence-corrected chi connectivity index (χ1v) is 3.93. The average molecular weight is 132 g/mol. The Kier molecular flexibility index (Phi) is 2.70. The predicted octanol–water partition coefficient (Wildman–Crippen LogP) is 2.22. The first kappa shape index (κ1) is 6.43. The summed E-state index contributed by atoms with van der Waals surface area (Å²) in [7, 11) is 1.75. The third kappa shape index (κ3) is 1.67. The van der Waals surface area contributed by atoms with Gasteiger partial charge in [0.25, 0.3) is 0 Å². The topological polar surface area (TPSA) is 9.23 Å². The van der Waals surface area contributed by atoms with E-state index < -0.39 is 0 Å². The van der Waals surface area contributed by atoms with E-state index in [0.717, 1.165) is 5.25 Å². The zero-order valence-corrected chi connectivity index (χ0v) is 6.04. The van der Waals surface area contributed by atoms with Gasteiger partial charge in [-0.2, -0.15) is 0 Å². The zero-order chi connectivity index (χ0) is 5.82. The van der Waals surface area contributed by atoms with E-state index in [1.807, 2.05) is 0 Å². The molecule has 0 heterocycles. The van der Waals surface area contributed by atoms with Gasteiger partial charge in [0.2, 0.25) is 0 Å². The second kappa shape index (κ2) is 3.36. The molecule has 0 bridgehead atoms. The second-order valence-electron chi connectivity index (χ2n) is 2.17. The van der Waals surface area contributed by atoms with Gasteiger partial charge in [-0.15, -0.1) is 0 Å². The summed E-state index contributed by atoms with van der Waals surface area (Å²) in [6.45, 7) is 0. The minimum Gasteiger partial charge on any atom is -0.318 e. The summed E-state index contributed by atoms with van der Waals surface area (Å²) in [5, 5.41) is 0.806. The number of hydrogen-bond donors (Lipinski definition) is 0. The summed E-state index contributed by atoms with van der Waals surface area (Å²) >= 11 is 1.64. The fraction of sp³-hybridized carbons (Fsp3) is 1.00. The fourth-order valence-electron chi connectivity index (χ4n) is 1.12. The van der Waals surface area contributed by atoms with Crippen molar-refractivity contribution in [2.24, 2.45) is 0 Å². The maximum absolute atomic E-state index is 4.94. The minimum absolute atomic E-state index is 0.806. The molecule has 1 aliphatic carbocycles. The Balaban J connectivity index is 2.06. The highest BCUT2D eigenvalue weighted by Crippen LogP contribution is 2.28. The van der Waals surface area contributed by atoms with Gasteiger partial charge >= 0.3 is 0 Å². The van der Waals surface area contributed by atoms with Crippen molar-refractivity contribution in [2.45, 2.75) is 30.9 Å². The van der Waals surface area contributed by atoms with Crippen LogP contribution in [0.2, 0.25) is 0 Å². The second-order valence-corrected chi connectivity index (χ2v) is 3.36. The largest absolute Gasteiger partial charge is 0.318 e. The van der Waals surface area contributed by atoms with Crippen LogP contribution in [0.3, 0.4) is 0 Å². The van der Waals surface area contributed by atoms with Gasteiger partial charge in [0, 0.05) is 5.25 Å². The zero-order valence-electron chi connectivity index (χ0n) is 5.22. The molecule has 0 aromatic rings. The number of hydrogen-bond acceptors (Lipinski definition) is 2. The molecule has 48 valence electrons. The maximum Gasteiger partial charge on any atom is 0.0503 e. The minimum atomic E-state index is 0.806. The van der Waals surface area contributed by atoms with Gasteiger partial charge in [0.1, 0.15) is 0 Å². The molecule has 1 rings (SSSR count). The average Bonchev–Trinajstić information content (AvgIpc) is 2.19. The van der Waals surface area contributed by atoms with Crippen LogP contribution in [0.1, 0.15) is 25.7 Å². The summed E-state index contributed by atoms with van der Waals surface area (Å²) in [6.07, 6.45) is 5.53. The molecule has 2 heteroatoms. The first-order chi connectivity index (χ1) is 3.93. The lowest BCUT2D eigenvalue weighted by atomic mass is 10.4. The molecular weight excluding hydrogens is 120 g/mol. The van der Waals surface area contributed by atoms with Gasteiger partial charge in [-0.05, 0) is 24.9 Å². The molecule has 8 heavy (non-hydrogen) atoms. The molecule has 0 aromatic carbocycles. The Morgan fingerprint density at radius 3 is 2.50 bits per heavy atom. The molecular formula is C6H12OS. The Hall–Kier alpha value is 0.310. The van der Waals surface area contributed by atoms with Crippen molar-refractivity contribution in [3.05, 3.63) is 0 Å². The maximum atomic E-state index is 4.94. The normalized spacial score (nSPS) is 22.1. The first-order valence-electron chi connectivity index (χ1n) is 3.13. The lowest BCUT2D eigenvalue weighted by Crippen LogP contribution is -1.92. The van der Waals surface area contributed by atoms with Crippen LogP contribution in [-0.4, -0.2) is 12.4 Å². The van der Waals surface area contributed by atoms with E-state index in [1.54, 1.807) is 19.2 Å². The van der Waals surface area contributed by atoms with Gasteiger partial charge in [-0.25, -0.2) is 0 Å². The molecule has 0 radical (unpaired) electrons. The molecule has 0 aliphatic heterocycles. The fourth-order valence-corrected chi connectivity index (χ4v) is 1.92. The molecule has 1 aliphatic rings. The van der Waals surface area contributed by atoms with Crippen LogP contribution in [0, 0.1) is 0 Å². The van der Waals surface area contributed by atoms with Crippen molar-refractivity contribution in [2.75, 3.05) is 7.11 Å². The highest BCUT2D eigenvalue weighted by Gasteiger charge is 2.14. The van der Waals surface area contributed by atoms with Crippen molar-refractivity contribution >= 4 is 12.0 Å². The highest BCUT2D eigenvalue weighted by molar-refractivity contribution is 7.95. The Morgan fingerprint density at radius 1 is 1.38 bits per heavy atom. The lowest BCUT2D eigenvalue weighted by Gasteiger charge is -2.02. The summed E-state index contributed by atoms with van der Waals surface area (Å²) in [6, 6.07) is 0. The molecule has 0 unspecified atom stereocenters. The quantitative estimate of drug-likeness (QED) is 0.533. The molecule has 1 fully saturated rings. The lowest BCUT2D eigenvalue weighted by molar-refractivity contribution is 0.483. The third-order valence-electron chi connectivity index (χ3n) is 1.53. The Labute approximate surface area is 55.0 Å². The van der Waals surface area contributed by atoms with Gasteiger partial charge < -0.3 is 4.18 Å². The van der Waals surface area contributed by atoms with Gasteiger partial charge in [-0.1, -0.05) is 12.8 Å². The summed E-state index contributed by atoms with van der Waals surface area (Å²) < 4.78 is 4.94. The molecule has 1 nitrogen and oxygen atoms in total. The molecule has 0 amide bonds. The van der Waals surface area contributed by atoms with Gasteiger partial charge in [0.05, 0.1) is 7.11 Å². The van der Waals surface area contributed by atoms with Crippen molar-refractivity contribution in [3.63, 3.8) is 0 Å². The van der Waals surface area contributed by atoms with Crippen molar-refractivity contribution in [1.29, 1.82) is 0 Å². The number of rotatable bonds is 2. The van der Waals surface area contributed by atoms with Gasteiger partial charge in [0.15, 0.2) is 0 Å². The van der Waals surface area contributed by atoms with E-state index in [2.05, 4.69) is 0 Å². The van der Waals surface area contributed by atoms with Crippen LogP contribution in [0.25, 0.3) is 0 Å². The molecule has 0 spiro atoms. The van der Waals surface area contributed by atoms with Crippen LogP contribution in [0.15, 0.2) is 0 Å². The predicted molar refractivity (Wildman–Crippen MR) is 36.9 cm³/mol. The smallest absolute Gasteiger partial charge is 0.0503 e. The summed E-state index contributed by atoms with van der Waals surface area (Å²) in [5.41, 5.74) is 0. The van der Waals surface area contributed by atoms with E-state index >= 15 is 0 Å². The summed E-state index contributed by atoms with van der Waals surface area (Å²) in [5.74, 6) is 0. The van der Waals surface area contributed by atoms with Crippen LogP contribution in [0.5, 0.6) is 0 Å². The van der Waals surface area contributed by atoms with Crippen LogP contribution >= 0.6 is 12.0 Å². The molecule has 0 saturated heterocycles. The molecule has 0 N–H and O–H groups in total. The monoisotopic (exact) mass is 132 g/mol.